The maximum atomic E-state index is 13.6. The van der Waals surface area contributed by atoms with Crippen molar-refractivity contribution in [3.05, 3.63) is 109 Å². The molecule has 0 rings (SSSR count). The van der Waals surface area contributed by atoms with Gasteiger partial charge in [0.1, 0.15) is 19.3 Å². The first-order valence-electron chi connectivity index (χ1n) is 36.7. The molecule has 0 bridgehead atoms. The fraction of sp³-hybridized carbons (Fsp3) is 0.744. The number of phosphoric ester groups is 1. The van der Waals surface area contributed by atoms with E-state index in [2.05, 4.69) is 123 Å². The van der Waals surface area contributed by atoms with Crippen LogP contribution in [-0.4, -0.2) is 74.3 Å². The Morgan fingerprint density at radius 1 is 0.398 bits per heavy atom. The Morgan fingerprint density at radius 2 is 0.693 bits per heavy atom. The first-order chi connectivity index (χ1) is 42.9. The van der Waals surface area contributed by atoms with Crippen molar-refractivity contribution >= 4 is 19.7 Å². The number of nitrogens with zero attached hydrogens (tertiary/aromatic N) is 1. The summed E-state index contributed by atoms with van der Waals surface area (Å²) < 4.78 is 30.8. The van der Waals surface area contributed by atoms with Gasteiger partial charge in [-0.15, -0.1) is 0 Å². The lowest BCUT2D eigenvalue weighted by Gasteiger charge is -2.27. The molecule has 0 saturated heterocycles. The highest BCUT2D eigenvalue weighted by Crippen LogP contribution is 2.43. The zero-order chi connectivity index (χ0) is 64.2. The number of carbonyl (C=O) groups excluding carboxylic acids is 2. The summed E-state index contributed by atoms with van der Waals surface area (Å²) in [6, 6.07) is -0.863. The van der Waals surface area contributed by atoms with Crippen LogP contribution in [0.1, 0.15) is 323 Å². The van der Waals surface area contributed by atoms with E-state index in [0.717, 1.165) is 109 Å². The third kappa shape index (κ3) is 67.1. The van der Waals surface area contributed by atoms with Crippen molar-refractivity contribution in [3.63, 3.8) is 0 Å². The predicted molar refractivity (Wildman–Crippen MR) is 383 cm³/mol. The van der Waals surface area contributed by atoms with Crippen LogP contribution < -0.4 is 5.32 Å². The minimum absolute atomic E-state index is 0.0329. The molecule has 0 aliphatic carbocycles. The van der Waals surface area contributed by atoms with Crippen molar-refractivity contribution in [2.75, 3.05) is 40.9 Å². The molecule has 3 unspecified atom stereocenters. The zero-order valence-electron chi connectivity index (χ0n) is 58.2. The topological polar surface area (TPSA) is 111 Å². The van der Waals surface area contributed by atoms with Gasteiger partial charge in [-0.05, 0) is 122 Å². The van der Waals surface area contributed by atoms with Crippen molar-refractivity contribution < 1.29 is 37.3 Å². The van der Waals surface area contributed by atoms with E-state index < -0.39 is 20.0 Å². The molecule has 0 saturated carbocycles. The van der Waals surface area contributed by atoms with Crippen molar-refractivity contribution in [3.8, 4) is 0 Å². The molecule has 0 aromatic carbocycles. The van der Waals surface area contributed by atoms with Crippen LogP contribution in [0.5, 0.6) is 0 Å². The van der Waals surface area contributed by atoms with Crippen molar-refractivity contribution in [1.29, 1.82) is 0 Å². The molecule has 0 heterocycles. The number of unbranched alkanes of at least 4 members (excludes halogenated alkanes) is 34. The second kappa shape index (κ2) is 66.6. The fourth-order valence-corrected chi connectivity index (χ4v) is 11.0. The van der Waals surface area contributed by atoms with Gasteiger partial charge < -0.3 is 19.4 Å². The van der Waals surface area contributed by atoms with Gasteiger partial charge in [-0.2, -0.15) is 0 Å². The van der Waals surface area contributed by atoms with Crippen LogP contribution in [0, 0.1) is 0 Å². The van der Waals surface area contributed by atoms with Crippen LogP contribution in [-0.2, 0) is 27.9 Å². The highest BCUT2D eigenvalue weighted by atomic mass is 31.2. The Hall–Kier alpha value is -3.33. The van der Waals surface area contributed by atoms with Gasteiger partial charge >= 0.3 is 13.8 Å². The third-order valence-corrected chi connectivity index (χ3v) is 16.9. The first kappa shape index (κ1) is 84.7. The lowest BCUT2D eigenvalue weighted by atomic mass is 10.0. The maximum Gasteiger partial charge on any atom is 0.472 e. The number of ether oxygens (including phenoxy) is 1. The summed E-state index contributed by atoms with van der Waals surface area (Å²) in [5.41, 5.74) is 0. The van der Waals surface area contributed by atoms with E-state index >= 15 is 0 Å². The molecule has 0 aliphatic heterocycles. The van der Waals surface area contributed by atoms with E-state index in [1.807, 2.05) is 33.3 Å². The number of phosphoric acid groups is 1. The Labute approximate surface area is 544 Å². The lowest BCUT2D eigenvalue weighted by molar-refractivity contribution is -0.870. The summed E-state index contributed by atoms with van der Waals surface area (Å²) in [6.45, 7) is 6.96. The predicted octanol–water partition coefficient (Wildman–Crippen LogP) is 23.6. The van der Waals surface area contributed by atoms with Gasteiger partial charge in [0.25, 0.3) is 0 Å². The summed E-state index contributed by atoms with van der Waals surface area (Å²) in [5, 5.41) is 3.07. The summed E-state index contributed by atoms with van der Waals surface area (Å²) in [7, 11) is 1.48. The first-order valence-corrected chi connectivity index (χ1v) is 38.2. The lowest BCUT2D eigenvalue weighted by Crippen LogP contribution is -2.47. The van der Waals surface area contributed by atoms with Crippen molar-refractivity contribution in [1.82, 2.24) is 5.32 Å². The Morgan fingerprint density at radius 3 is 1.06 bits per heavy atom. The maximum absolute atomic E-state index is 13.6. The number of rotatable bonds is 66. The van der Waals surface area contributed by atoms with E-state index in [1.165, 1.54) is 180 Å². The standard InChI is InChI=1S/C78H139N2O7P/c1-7-10-13-16-19-22-25-28-30-32-34-36-38-39-40-41-43-45-47-49-51-53-56-59-62-65-68-71-78(82)87-76(69-66-63-60-57-54-27-24-21-18-15-12-9-3)75(74-86-88(83,84)85-73-72-80(4,5)6)79-77(81)70-67-64-61-58-55-52-50-48-46-44-42-37-35-33-31-29-26-23-20-17-14-11-8-2/h19-20,22-23,28-31,34-37,39-40,44,46,66,69,75-76H,7-18,21,24-27,32-33,38,41-43,45,47-65,67-68,70-74H2,1-6H3,(H-,79,81,83,84)/p+1/b22-19-,23-20-,30-28-,31-29-,36-34-,37-35-,40-39-,46-44-,69-66+. The molecular weight excluding hydrogens is 1110 g/mol. The Bertz CT molecular complexity index is 1870. The number of allylic oxidation sites excluding steroid dienone is 17. The van der Waals surface area contributed by atoms with Crippen LogP contribution in [0.15, 0.2) is 109 Å². The summed E-state index contributed by atoms with van der Waals surface area (Å²) in [6.07, 6.45) is 92.4. The molecule has 3 atom stereocenters. The van der Waals surface area contributed by atoms with Crippen molar-refractivity contribution in [2.24, 2.45) is 0 Å². The van der Waals surface area contributed by atoms with E-state index in [9.17, 15) is 19.0 Å². The summed E-state index contributed by atoms with van der Waals surface area (Å²) in [4.78, 5) is 37.9. The average molecular weight is 1250 g/mol. The van der Waals surface area contributed by atoms with Gasteiger partial charge in [-0.1, -0.05) is 297 Å². The van der Waals surface area contributed by atoms with E-state index in [0.29, 0.717) is 17.4 Å². The Kier molecular flexibility index (Phi) is 64.1. The SMILES string of the molecule is CCCCC/C=C\C/C=C\C/C=C\C/C=C\CCCCCCCCCCCCCC(=O)OC(/C=C/CCCCCCCCCCCC)C(COP(=O)(O)OCC[N+](C)(C)C)NC(=O)CCCCCCCCC/C=C\C/C=C\C/C=C\C/C=C\CCCCC. The number of nitrogens with one attached hydrogen (secondary N) is 1. The normalized spacial score (nSPS) is 14.1. The number of quaternary nitrogens is 1. The molecule has 88 heavy (non-hydrogen) atoms. The molecule has 10 heteroatoms. The molecular formula is C78H140N2O7P+. The minimum atomic E-state index is -4.47. The second-order valence-electron chi connectivity index (χ2n) is 25.8. The smallest absolute Gasteiger partial charge is 0.456 e. The fourth-order valence-electron chi connectivity index (χ4n) is 10.3. The molecule has 1 amide bonds. The molecule has 0 spiro atoms. The van der Waals surface area contributed by atoms with Crippen LogP contribution in [0.3, 0.4) is 0 Å². The molecule has 0 aromatic rings. The number of amides is 1. The molecule has 0 aliphatic rings. The van der Waals surface area contributed by atoms with Gasteiger partial charge in [0.05, 0.1) is 33.8 Å². The van der Waals surface area contributed by atoms with Crippen LogP contribution >= 0.6 is 7.82 Å². The number of hydrogen-bond donors (Lipinski definition) is 2. The highest BCUT2D eigenvalue weighted by molar-refractivity contribution is 7.47. The number of carbonyl (C=O) groups is 2. The van der Waals surface area contributed by atoms with Gasteiger partial charge in [0.2, 0.25) is 5.91 Å². The van der Waals surface area contributed by atoms with E-state index in [1.54, 1.807) is 0 Å². The van der Waals surface area contributed by atoms with E-state index in [-0.39, 0.29) is 31.5 Å². The second-order valence-corrected chi connectivity index (χ2v) is 27.2. The molecule has 9 nitrogen and oxygen atoms in total. The van der Waals surface area contributed by atoms with Gasteiger partial charge in [-0.25, -0.2) is 4.57 Å². The monoisotopic (exact) mass is 1250 g/mol. The molecule has 0 aromatic heterocycles. The minimum Gasteiger partial charge on any atom is -0.456 e. The van der Waals surface area contributed by atoms with Crippen LogP contribution in [0.4, 0.5) is 0 Å². The molecule has 2 N–H and O–H groups in total. The van der Waals surface area contributed by atoms with Gasteiger partial charge in [0, 0.05) is 12.8 Å². The number of likely N-dealkylation sites (N-methyl/N-ethyl adjacent to an activating group) is 1. The Balaban J connectivity index is 5.07. The largest absolute Gasteiger partial charge is 0.472 e. The van der Waals surface area contributed by atoms with E-state index in [4.69, 9.17) is 13.8 Å². The molecule has 508 valence electrons. The van der Waals surface area contributed by atoms with Crippen LogP contribution in [0.25, 0.3) is 0 Å². The molecule has 0 radical (unpaired) electrons. The van der Waals surface area contributed by atoms with Gasteiger partial charge in [-0.3, -0.25) is 18.6 Å². The van der Waals surface area contributed by atoms with Crippen LogP contribution in [0.2, 0.25) is 0 Å². The average Bonchev–Trinajstić information content (AvgIpc) is 3.61. The van der Waals surface area contributed by atoms with Crippen molar-refractivity contribution in [2.45, 2.75) is 335 Å². The summed E-state index contributed by atoms with van der Waals surface area (Å²) >= 11 is 0. The van der Waals surface area contributed by atoms with Gasteiger partial charge in [0.15, 0.2) is 0 Å². The zero-order valence-corrected chi connectivity index (χ0v) is 59.1. The third-order valence-electron chi connectivity index (χ3n) is 15.9. The molecule has 0 fully saturated rings. The quantitative estimate of drug-likeness (QED) is 0.0205. The highest BCUT2D eigenvalue weighted by Gasteiger charge is 2.30. The summed E-state index contributed by atoms with van der Waals surface area (Å²) in [5.74, 6) is -0.519. The number of hydrogen-bond acceptors (Lipinski definition) is 6. The number of esters is 1.